The molecule has 2 saturated carbocycles. The number of carbonyl (C=O) groups excluding carboxylic acids is 1. The summed E-state index contributed by atoms with van der Waals surface area (Å²) in [6, 6.07) is 23.4. The van der Waals surface area contributed by atoms with Crippen molar-refractivity contribution in [3.8, 4) is 0 Å². The highest BCUT2D eigenvalue weighted by molar-refractivity contribution is 7.99. The van der Waals surface area contributed by atoms with Crippen molar-refractivity contribution in [3.05, 3.63) is 95.6 Å². The Morgan fingerprint density at radius 3 is 2.00 bits per heavy atom. The summed E-state index contributed by atoms with van der Waals surface area (Å²) in [6.07, 6.45) is 10.5. The molecule has 3 aromatic rings. The molecule has 0 aromatic heterocycles. The standard InChI is InChI=1S/C31H36N2OS.C3H6/c1-22-21-25(31(34)33(5)27-11-7-6-8-12-27)17-20-29(22)35-30-14-10-9-13-28(30)23(2)24-15-18-26(19-16-24)32(3)4;1-2-3-1/h9-10,13-21,27H,2,6-8,11-12H2,1,3-5H3;1-3H2. The van der Waals surface area contributed by atoms with Gasteiger partial charge in [0, 0.05) is 48.2 Å². The van der Waals surface area contributed by atoms with Crippen LogP contribution in [0.4, 0.5) is 5.69 Å². The number of carbonyl (C=O) groups is 1. The molecule has 0 atom stereocenters. The molecule has 3 nitrogen and oxygen atoms in total. The van der Waals surface area contributed by atoms with Crippen molar-refractivity contribution in [2.45, 2.75) is 74.1 Å². The largest absolute Gasteiger partial charge is 0.378 e. The van der Waals surface area contributed by atoms with Gasteiger partial charge >= 0.3 is 0 Å². The van der Waals surface area contributed by atoms with Gasteiger partial charge in [0.2, 0.25) is 0 Å². The van der Waals surface area contributed by atoms with Crippen LogP contribution in [0, 0.1) is 6.92 Å². The lowest BCUT2D eigenvalue weighted by molar-refractivity contribution is 0.0696. The topological polar surface area (TPSA) is 23.6 Å². The number of benzene rings is 3. The smallest absolute Gasteiger partial charge is 0.253 e. The predicted molar refractivity (Wildman–Crippen MR) is 163 cm³/mol. The van der Waals surface area contributed by atoms with Crippen LogP contribution >= 0.6 is 11.8 Å². The summed E-state index contributed by atoms with van der Waals surface area (Å²) in [6.45, 7) is 6.51. The first-order valence-corrected chi connectivity index (χ1v) is 14.8. The van der Waals surface area contributed by atoms with E-state index in [4.69, 9.17) is 0 Å². The predicted octanol–water partition coefficient (Wildman–Crippen LogP) is 8.85. The summed E-state index contributed by atoms with van der Waals surface area (Å²) in [4.78, 5) is 19.5. The monoisotopic (exact) mass is 526 g/mol. The van der Waals surface area contributed by atoms with Gasteiger partial charge in [-0.05, 0) is 78.4 Å². The minimum Gasteiger partial charge on any atom is -0.378 e. The van der Waals surface area contributed by atoms with E-state index in [2.05, 4.69) is 73.0 Å². The zero-order valence-electron chi connectivity index (χ0n) is 23.5. The van der Waals surface area contributed by atoms with Crippen LogP contribution in [0.5, 0.6) is 0 Å². The fraction of sp³-hybridized carbons (Fsp3) is 0.382. The average molecular weight is 527 g/mol. The minimum absolute atomic E-state index is 0.131. The van der Waals surface area contributed by atoms with Gasteiger partial charge in [0.05, 0.1) is 0 Å². The third kappa shape index (κ3) is 7.32. The lowest BCUT2D eigenvalue weighted by atomic mass is 9.94. The van der Waals surface area contributed by atoms with Crippen molar-refractivity contribution < 1.29 is 4.79 Å². The molecule has 0 aliphatic heterocycles. The van der Waals surface area contributed by atoms with Crippen molar-refractivity contribution >= 4 is 28.9 Å². The van der Waals surface area contributed by atoms with E-state index in [0.717, 1.165) is 50.5 Å². The molecule has 2 fully saturated rings. The van der Waals surface area contributed by atoms with Crippen LogP contribution in [0.2, 0.25) is 0 Å². The van der Waals surface area contributed by atoms with Gasteiger partial charge in [-0.2, -0.15) is 0 Å². The van der Waals surface area contributed by atoms with Crippen molar-refractivity contribution in [3.63, 3.8) is 0 Å². The van der Waals surface area contributed by atoms with Gasteiger partial charge in [0.15, 0.2) is 0 Å². The van der Waals surface area contributed by atoms with E-state index in [1.54, 1.807) is 11.8 Å². The van der Waals surface area contributed by atoms with Crippen LogP contribution in [0.1, 0.15) is 78.4 Å². The molecule has 3 aromatic carbocycles. The van der Waals surface area contributed by atoms with E-state index in [1.165, 1.54) is 44.2 Å². The maximum absolute atomic E-state index is 13.1. The van der Waals surface area contributed by atoms with Crippen molar-refractivity contribution in [2.75, 3.05) is 26.0 Å². The summed E-state index contributed by atoms with van der Waals surface area (Å²) in [7, 11) is 6.05. The molecule has 1 amide bonds. The number of anilines is 1. The van der Waals surface area contributed by atoms with Crippen molar-refractivity contribution in [1.82, 2.24) is 4.90 Å². The molecule has 4 heteroatoms. The third-order valence-electron chi connectivity index (χ3n) is 7.38. The molecule has 5 rings (SSSR count). The van der Waals surface area contributed by atoms with E-state index in [1.807, 2.05) is 38.2 Å². The van der Waals surface area contributed by atoms with Crippen LogP contribution in [0.3, 0.4) is 0 Å². The van der Waals surface area contributed by atoms with Gasteiger partial charge in [-0.15, -0.1) is 0 Å². The summed E-state index contributed by atoms with van der Waals surface area (Å²) in [5.41, 5.74) is 6.33. The molecule has 2 aliphatic carbocycles. The Morgan fingerprint density at radius 2 is 1.39 bits per heavy atom. The number of amides is 1. The zero-order valence-corrected chi connectivity index (χ0v) is 24.3. The lowest BCUT2D eigenvalue weighted by Gasteiger charge is -2.31. The molecule has 0 bridgehead atoms. The van der Waals surface area contributed by atoms with Gasteiger partial charge in [-0.25, -0.2) is 0 Å². The summed E-state index contributed by atoms with van der Waals surface area (Å²) in [5.74, 6) is 0.131. The second-order valence-electron chi connectivity index (χ2n) is 10.8. The zero-order chi connectivity index (χ0) is 27.1. The maximum atomic E-state index is 13.1. The maximum Gasteiger partial charge on any atom is 0.253 e. The first-order valence-electron chi connectivity index (χ1n) is 14.0. The van der Waals surface area contributed by atoms with Gasteiger partial charge in [0.25, 0.3) is 5.91 Å². The number of nitrogens with zero attached hydrogens (tertiary/aromatic N) is 2. The molecule has 0 saturated heterocycles. The van der Waals surface area contributed by atoms with Gasteiger partial charge in [0.1, 0.15) is 0 Å². The fourth-order valence-electron chi connectivity index (χ4n) is 4.77. The van der Waals surface area contributed by atoms with Crippen LogP contribution in [-0.2, 0) is 0 Å². The molecule has 38 heavy (non-hydrogen) atoms. The Morgan fingerprint density at radius 1 is 0.789 bits per heavy atom. The molecule has 200 valence electrons. The van der Waals surface area contributed by atoms with Crippen molar-refractivity contribution in [2.24, 2.45) is 0 Å². The van der Waals surface area contributed by atoms with Crippen LogP contribution < -0.4 is 4.90 Å². The Bertz CT molecular complexity index is 1240. The SMILES string of the molecule is C1CC1.C=C(c1ccc(N(C)C)cc1)c1ccccc1Sc1ccc(C(=O)N(C)C2CCCCC2)cc1C. The highest BCUT2D eigenvalue weighted by atomic mass is 32.2. The molecule has 0 spiro atoms. The van der Waals surface area contributed by atoms with Gasteiger partial charge in [-0.3, -0.25) is 4.79 Å². The van der Waals surface area contributed by atoms with Gasteiger partial charge < -0.3 is 9.80 Å². The highest BCUT2D eigenvalue weighted by Crippen LogP contribution is 2.37. The Kier molecular flexibility index (Phi) is 9.74. The highest BCUT2D eigenvalue weighted by Gasteiger charge is 2.23. The Labute approximate surface area is 233 Å². The van der Waals surface area contributed by atoms with E-state index in [9.17, 15) is 4.79 Å². The van der Waals surface area contributed by atoms with E-state index in [-0.39, 0.29) is 5.91 Å². The van der Waals surface area contributed by atoms with Crippen LogP contribution in [0.15, 0.2) is 83.1 Å². The van der Waals surface area contributed by atoms with E-state index >= 15 is 0 Å². The van der Waals surface area contributed by atoms with Gasteiger partial charge in [-0.1, -0.05) is 87.2 Å². The summed E-state index contributed by atoms with van der Waals surface area (Å²) < 4.78 is 0. The summed E-state index contributed by atoms with van der Waals surface area (Å²) in [5, 5.41) is 0. The lowest BCUT2D eigenvalue weighted by Crippen LogP contribution is -2.38. The average Bonchev–Trinajstić information content (AvgIpc) is 3.84. The quantitative estimate of drug-likeness (QED) is 0.307. The van der Waals surface area contributed by atoms with Crippen molar-refractivity contribution in [1.29, 1.82) is 0 Å². The molecule has 0 unspecified atom stereocenters. The van der Waals surface area contributed by atoms with E-state index < -0.39 is 0 Å². The first-order chi connectivity index (χ1) is 18.3. The number of hydrogen-bond donors (Lipinski definition) is 0. The number of rotatable bonds is 7. The molecular weight excluding hydrogens is 484 g/mol. The number of hydrogen-bond acceptors (Lipinski definition) is 3. The molecule has 2 aliphatic rings. The van der Waals surface area contributed by atoms with Crippen LogP contribution in [-0.4, -0.2) is 38.0 Å². The first kappa shape index (κ1) is 28.0. The molecule has 0 heterocycles. The Balaban J connectivity index is 0.00000105. The number of aryl methyl sites for hydroxylation is 1. The normalized spacial score (nSPS) is 14.7. The fourth-order valence-corrected chi connectivity index (χ4v) is 5.82. The third-order valence-corrected chi connectivity index (χ3v) is 8.64. The molecular formula is C34H42N2OS. The summed E-state index contributed by atoms with van der Waals surface area (Å²) >= 11 is 1.73. The van der Waals surface area contributed by atoms with E-state index in [0.29, 0.717) is 6.04 Å². The second-order valence-corrected chi connectivity index (χ2v) is 11.9. The minimum atomic E-state index is 0.131. The molecule has 0 N–H and O–H groups in total. The Hall–Kier alpha value is -2.98. The second kappa shape index (κ2) is 13.2. The molecule has 0 radical (unpaired) electrons. The van der Waals surface area contributed by atoms with Crippen LogP contribution in [0.25, 0.3) is 5.57 Å².